The van der Waals surface area contributed by atoms with Crippen LogP contribution in [0, 0.1) is 55.8 Å². The van der Waals surface area contributed by atoms with E-state index in [4.69, 9.17) is 0 Å². The smallest absolute Gasteiger partial charge is 0.139 e. The molecule has 0 aliphatic carbocycles. The van der Waals surface area contributed by atoms with Gasteiger partial charge in [-0.2, -0.15) is 38.5 Å². The van der Waals surface area contributed by atoms with Gasteiger partial charge in [-0.05, 0) is 12.1 Å². The molecule has 4 rings (SSSR count). The van der Waals surface area contributed by atoms with Crippen molar-refractivity contribution in [3.05, 3.63) is 45.1 Å². The summed E-state index contributed by atoms with van der Waals surface area (Å²) >= 11 is 1.96. The number of rotatable bonds is 0. The molecule has 0 aliphatic heterocycles. The third-order valence-electron chi connectivity index (χ3n) is 4.11. The summed E-state index contributed by atoms with van der Waals surface area (Å²) in [7, 11) is 0. The molecule has 0 radical (unpaired) electrons. The van der Waals surface area contributed by atoms with Crippen LogP contribution in [0.2, 0.25) is 0 Å². The van der Waals surface area contributed by atoms with Gasteiger partial charge in [-0.15, -0.1) is 0 Å². The predicted molar refractivity (Wildman–Crippen MR) is 101 cm³/mol. The lowest BCUT2D eigenvalue weighted by atomic mass is 10.1. The maximum Gasteiger partial charge on any atom is 0.139 e. The van der Waals surface area contributed by atoms with Gasteiger partial charge in [-0.1, -0.05) is 12.1 Å². The molecule has 2 aromatic heterocycles. The van der Waals surface area contributed by atoms with Crippen LogP contribution in [0.25, 0.3) is 33.2 Å². The Morgan fingerprint density at radius 2 is 0.929 bits per heavy atom. The van der Waals surface area contributed by atoms with Gasteiger partial charge in [0.25, 0.3) is 0 Å². The molecule has 0 unspecified atom stereocenters. The van der Waals surface area contributed by atoms with Crippen LogP contribution in [0.15, 0.2) is 24.3 Å². The van der Waals surface area contributed by atoms with Crippen LogP contribution in [0.1, 0.15) is 0 Å². The predicted octanol–water partition coefficient (Wildman–Crippen LogP) is 1.38. The van der Waals surface area contributed by atoms with Crippen LogP contribution in [-0.4, -0.2) is 17.5 Å². The number of fused-ring (bicyclic) bond motifs is 2. The summed E-state index contributed by atoms with van der Waals surface area (Å²) in [5.41, 5.74) is 1.92. The molecule has 4 aromatic rings. The van der Waals surface area contributed by atoms with E-state index < -0.39 is 0 Å². The van der Waals surface area contributed by atoms with Crippen LogP contribution in [0.4, 0.5) is 0 Å². The molecule has 0 aliphatic rings. The second-order valence-corrected chi connectivity index (χ2v) is 6.50. The summed E-state index contributed by atoms with van der Waals surface area (Å²) < 4.78 is 17.2. The first kappa shape index (κ1) is 17.2. The highest BCUT2D eigenvalue weighted by Gasteiger charge is 2.10. The molecule has 0 spiro atoms. The van der Waals surface area contributed by atoms with Crippen molar-refractivity contribution >= 4 is 56.7 Å². The van der Waals surface area contributed by atoms with Gasteiger partial charge in [0.2, 0.25) is 0 Å². The third-order valence-corrected chi connectivity index (χ3v) is 5.16. The number of benzene rings is 2. The Balaban J connectivity index is 2.31. The molecule has 0 fully saturated rings. The zero-order valence-electron chi connectivity index (χ0n) is 13.7. The quantitative estimate of drug-likeness (QED) is 0.433. The Hall–Kier alpha value is -4.22. The molecule has 10 heteroatoms. The number of hydrogen-bond donors (Lipinski definition) is 0. The third kappa shape index (κ3) is 2.46. The molecule has 28 heavy (non-hydrogen) atoms. The lowest BCUT2D eigenvalue weighted by Crippen LogP contribution is -2.07. The lowest BCUT2D eigenvalue weighted by molar-refractivity contribution is 1.45. The molecule has 0 bridgehead atoms. The summed E-state index contributed by atoms with van der Waals surface area (Å²) in [5, 5.41) is 39.0. The van der Waals surface area contributed by atoms with Crippen molar-refractivity contribution in [2.75, 3.05) is 0 Å². The lowest BCUT2D eigenvalue weighted by Gasteiger charge is -1.96. The molecular formula is C18H4N8S2. The Morgan fingerprint density at radius 1 is 0.571 bits per heavy atom. The van der Waals surface area contributed by atoms with Crippen molar-refractivity contribution < 1.29 is 0 Å². The van der Waals surface area contributed by atoms with Crippen molar-refractivity contribution in [1.82, 2.24) is 17.5 Å². The minimum atomic E-state index is -0.0395. The highest BCUT2D eigenvalue weighted by Crippen LogP contribution is 2.16. The zero-order valence-corrected chi connectivity index (χ0v) is 15.3. The number of hydrogen-bond acceptors (Lipinski definition) is 10. The van der Waals surface area contributed by atoms with Gasteiger partial charge in [-0.3, -0.25) is 0 Å². The minimum absolute atomic E-state index is 0.0395. The van der Waals surface area contributed by atoms with Crippen molar-refractivity contribution in [2.24, 2.45) is 0 Å². The van der Waals surface area contributed by atoms with Crippen molar-refractivity contribution in [3.63, 3.8) is 0 Å². The molecule has 0 saturated carbocycles. The summed E-state index contributed by atoms with van der Waals surface area (Å²) in [6, 6.07) is 14.3. The van der Waals surface area contributed by atoms with Gasteiger partial charge in [-0.25, -0.2) is 0 Å². The summed E-state index contributed by atoms with van der Waals surface area (Å²) in [6.07, 6.45) is 0. The molecule has 8 nitrogen and oxygen atoms in total. The summed E-state index contributed by atoms with van der Waals surface area (Å²) in [5.74, 6) is 0. The first-order valence-electron chi connectivity index (χ1n) is 7.59. The Kier molecular flexibility index (Phi) is 4.20. The highest BCUT2D eigenvalue weighted by atomic mass is 32.1. The second-order valence-electron chi connectivity index (χ2n) is 5.44. The van der Waals surface area contributed by atoms with E-state index in [1.165, 1.54) is 0 Å². The van der Waals surface area contributed by atoms with E-state index in [0.717, 1.165) is 23.5 Å². The number of aromatic nitrogens is 4. The number of nitriles is 4. The first-order chi connectivity index (χ1) is 13.7. The average Bonchev–Trinajstić information content (AvgIpc) is 3.40. The largest absolute Gasteiger partial charge is 0.192 e. The maximum absolute atomic E-state index is 9.18. The molecule has 0 atom stereocenters. The molecule has 128 valence electrons. The average molecular weight is 396 g/mol. The molecular weight excluding hydrogens is 392 g/mol. The summed E-state index contributed by atoms with van der Waals surface area (Å²) in [4.78, 5) is 0. The Labute approximate surface area is 164 Å². The fourth-order valence-electron chi connectivity index (χ4n) is 2.86. The van der Waals surface area contributed by atoms with E-state index in [9.17, 15) is 21.0 Å². The van der Waals surface area contributed by atoms with Gasteiger partial charge in [0.1, 0.15) is 57.5 Å². The van der Waals surface area contributed by atoms with Gasteiger partial charge in [0, 0.05) is 20.9 Å². The van der Waals surface area contributed by atoms with E-state index in [-0.39, 0.29) is 11.1 Å². The fourth-order valence-corrected chi connectivity index (χ4v) is 4.01. The number of nitrogens with zero attached hydrogens (tertiary/aromatic N) is 8. The molecule has 0 saturated heterocycles. The van der Waals surface area contributed by atoms with Crippen LogP contribution < -0.4 is 10.4 Å². The van der Waals surface area contributed by atoms with Crippen LogP contribution in [0.5, 0.6) is 0 Å². The SMILES string of the molecule is N#CC(C#N)=c1cc/c(=c2\ccc(=C(C#N)C#N)c3nsnc23)c2nsnc12. The summed E-state index contributed by atoms with van der Waals surface area (Å²) in [6.45, 7) is 0. The van der Waals surface area contributed by atoms with E-state index in [2.05, 4.69) is 17.5 Å². The van der Waals surface area contributed by atoms with Crippen LogP contribution in [0.3, 0.4) is 0 Å². The van der Waals surface area contributed by atoms with E-state index >= 15 is 0 Å². The Morgan fingerprint density at radius 3 is 1.29 bits per heavy atom. The van der Waals surface area contributed by atoms with E-state index in [1.807, 2.05) is 24.3 Å². The monoisotopic (exact) mass is 396 g/mol. The molecule has 0 N–H and O–H groups in total. The molecule has 2 aromatic carbocycles. The maximum atomic E-state index is 9.18. The van der Waals surface area contributed by atoms with Gasteiger partial charge in [0.15, 0.2) is 0 Å². The van der Waals surface area contributed by atoms with Gasteiger partial charge in [0.05, 0.1) is 23.5 Å². The normalized spacial score (nSPS) is 11.3. The second kappa shape index (κ2) is 6.83. The van der Waals surface area contributed by atoms with Crippen molar-refractivity contribution in [1.29, 1.82) is 21.0 Å². The topological polar surface area (TPSA) is 147 Å². The van der Waals surface area contributed by atoms with Crippen molar-refractivity contribution in [3.8, 4) is 24.3 Å². The minimum Gasteiger partial charge on any atom is -0.192 e. The van der Waals surface area contributed by atoms with E-state index in [0.29, 0.717) is 42.9 Å². The molecule has 2 heterocycles. The molecule has 0 amide bonds. The fraction of sp³-hybridized carbons (Fsp3) is 0. The van der Waals surface area contributed by atoms with Gasteiger partial charge >= 0.3 is 0 Å². The zero-order chi connectivity index (χ0) is 19.7. The standard InChI is InChI=1S/C18H4N8S2/c19-5-9(6-20)11-1-3-13(17-15(11)23-27-25-17)14-4-2-12(10(7-21)8-22)16-18(14)26-28-24-16/h1-4H/b14-13-. The van der Waals surface area contributed by atoms with Crippen LogP contribution >= 0.6 is 23.5 Å². The highest BCUT2D eigenvalue weighted by molar-refractivity contribution is 7.00. The van der Waals surface area contributed by atoms with Crippen LogP contribution in [-0.2, 0) is 0 Å². The van der Waals surface area contributed by atoms with Gasteiger partial charge < -0.3 is 0 Å². The van der Waals surface area contributed by atoms with E-state index in [1.54, 1.807) is 24.3 Å². The van der Waals surface area contributed by atoms with Crippen molar-refractivity contribution in [2.45, 2.75) is 0 Å². The Bertz CT molecular complexity index is 1510. The first-order valence-corrected chi connectivity index (χ1v) is 9.05.